The van der Waals surface area contributed by atoms with Gasteiger partial charge in [-0.25, -0.2) is 0 Å². The Morgan fingerprint density at radius 3 is 2.70 bits per heavy atom. The number of hydrogen-bond donors (Lipinski definition) is 2. The molecular weight excluding hydrogens is 398 g/mol. The van der Waals surface area contributed by atoms with Crippen LogP contribution in [0.5, 0.6) is 0 Å². The Labute approximate surface area is 181 Å². The molecule has 0 radical (unpaired) electrons. The predicted octanol–water partition coefficient (Wildman–Crippen LogP) is 4.15. The van der Waals surface area contributed by atoms with Crippen LogP contribution in [0.2, 0.25) is 0 Å². The molecule has 30 heavy (non-hydrogen) atoms. The van der Waals surface area contributed by atoms with E-state index in [2.05, 4.69) is 22.5 Å². The first-order valence-corrected chi connectivity index (χ1v) is 11.6. The van der Waals surface area contributed by atoms with Gasteiger partial charge in [-0.1, -0.05) is 13.0 Å². The van der Waals surface area contributed by atoms with Gasteiger partial charge in [0.25, 0.3) is 11.8 Å². The number of hydrogen-bond acceptors (Lipinski definition) is 5. The summed E-state index contributed by atoms with van der Waals surface area (Å²) in [5.74, 6) is 0.434. The molecule has 1 unspecified atom stereocenters. The molecule has 0 saturated carbocycles. The number of carbonyl (C=O) groups excluding carboxylic acids is 2. The second-order valence-electron chi connectivity index (χ2n) is 8.18. The van der Waals surface area contributed by atoms with Crippen LogP contribution in [0.15, 0.2) is 35.7 Å². The molecule has 2 saturated heterocycles. The molecule has 6 nitrogen and oxygen atoms in total. The molecule has 2 amide bonds. The normalized spacial score (nSPS) is 19.6. The highest BCUT2D eigenvalue weighted by molar-refractivity contribution is 7.12. The molecule has 1 atom stereocenters. The summed E-state index contributed by atoms with van der Waals surface area (Å²) in [4.78, 5) is 28.5. The van der Waals surface area contributed by atoms with Crippen LogP contribution in [0, 0.1) is 5.92 Å². The third-order valence-corrected chi connectivity index (χ3v) is 6.75. The van der Waals surface area contributed by atoms with E-state index < -0.39 is 0 Å². The van der Waals surface area contributed by atoms with Crippen LogP contribution in [-0.2, 0) is 4.74 Å². The summed E-state index contributed by atoms with van der Waals surface area (Å²) >= 11 is 1.40. The summed E-state index contributed by atoms with van der Waals surface area (Å²) in [6.45, 7) is 5.43. The molecule has 2 aromatic rings. The number of benzene rings is 1. The number of nitrogens with one attached hydrogen (secondary N) is 2. The number of piperidine rings is 1. The van der Waals surface area contributed by atoms with Crippen LogP contribution in [0.3, 0.4) is 0 Å². The van der Waals surface area contributed by atoms with E-state index in [1.54, 1.807) is 12.1 Å². The monoisotopic (exact) mass is 427 g/mol. The van der Waals surface area contributed by atoms with E-state index in [-0.39, 0.29) is 17.9 Å². The van der Waals surface area contributed by atoms with Crippen molar-refractivity contribution in [1.29, 1.82) is 0 Å². The molecule has 2 fully saturated rings. The Bertz CT molecular complexity index is 870. The first kappa shape index (κ1) is 20.9. The second-order valence-corrected chi connectivity index (χ2v) is 9.13. The minimum Gasteiger partial charge on any atom is -0.376 e. The fourth-order valence-corrected chi connectivity index (χ4v) is 4.65. The largest absolute Gasteiger partial charge is 0.376 e. The fraction of sp³-hybridized carbons (Fsp3) is 0.478. The number of rotatable bonds is 6. The standard InChI is InChI=1S/C23H29N3O3S/c1-16-8-10-26(11-9-16)20-7-6-17(25-23(28)21-5-3-13-30-21)14-19(20)22(27)24-15-18-4-2-12-29-18/h3,5-7,13-14,16,18H,2,4,8-12,15H2,1H3,(H,24,27)(H,25,28). The number of ether oxygens (including phenoxy) is 1. The third kappa shape index (κ3) is 5.02. The SMILES string of the molecule is CC1CCN(c2ccc(NC(=O)c3cccs3)cc2C(=O)NCC2CCCO2)CC1. The average Bonchev–Trinajstić information content (AvgIpc) is 3.47. The van der Waals surface area contributed by atoms with Gasteiger partial charge >= 0.3 is 0 Å². The molecule has 2 aliphatic rings. The summed E-state index contributed by atoms with van der Waals surface area (Å²) < 4.78 is 5.63. The minimum atomic E-state index is -0.157. The van der Waals surface area contributed by atoms with Gasteiger partial charge in [-0.2, -0.15) is 0 Å². The fourth-order valence-electron chi connectivity index (χ4n) is 4.03. The summed E-state index contributed by atoms with van der Waals surface area (Å²) in [6.07, 6.45) is 4.35. The van der Waals surface area contributed by atoms with E-state index in [4.69, 9.17) is 4.74 Å². The molecule has 0 bridgehead atoms. The van der Waals surface area contributed by atoms with Crippen molar-refractivity contribution in [3.8, 4) is 0 Å². The molecule has 7 heteroatoms. The summed E-state index contributed by atoms with van der Waals surface area (Å²) in [5.41, 5.74) is 2.16. The van der Waals surface area contributed by atoms with Crippen LogP contribution < -0.4 is 15.5 Å². The van der Waals surface area contributed by atoms with E-state index in [1.807, 2.05) is 23.6 Å². The molecular formula is C23H29N3O3S. The van der Waals surface area contributed by atoms with Gasteiger partial charge in [-0.3, -0.25) is 9.59 Å². The zero-order valence-electron chi connectivity index (χ0n) is 17.4. The Hall–Kier alpha value is -2.38. The first-order chi connectivity index (χ1) is 14.6. The molecule has 1 aromatic carbocycles. The maximum absolute atomic E-state index is 13.1. The van der Waals surface area contributed by atoms with Crippen LogP contribution >= 0.6 is 11.3 Å². The van der Waals surface area contributed by atoms with Crippen molar-refractivity contribution >= 4 is 34.5 Å². The highest BCUT2D eigenvalue weighted by atomic mass is 32.1. The summed E-state index contributed by atoms with van der Waals surface area (Å²) in [6, 6.07) is 9.28. The van der Waals surface area contributed by atoms with Crippen molar-refractivity contribution in [1.82, 2.24) is 5.32 Å². The van der Waals surface area contributed by atoms with E-state index in [1.165, 1.54) is 11.3 Å². The Morgan fingerprint density at radius 2 is 2.00 bits per heavy atom. The summed E-state index contributed by atoms with van der Waals surface area (Å²) in [7, 11) is 0. The Morgan fingerprint density at radius 1 is 1.17 bits per heavy atom. The predicted molar refractivity (Wildman–Crippen MR) is 121 cm³/mol. The van der Waals surface area contributed by atoms with Gasteiger partial charge in [0.2, 0.25) is 0 Å². The van der Waals surface area contributed by atoms with Gasteiger partial charge in [0.05, 0.1) is 16.5 Å². The van der Waals surface area contributed by atoms with Crippen LogP contribution in [0.4, 0.5) is 11.4 Å². The Balaban J connectivity index is 1.53. The summed E-state index contributed by atoms with van der Waals surface area (Å²) in [5, 5.41) is 7.83. The van der Waals surface area contributed by atoms with Crippen molar-refractivity contribution in [2.75, 3.05) is 36.5 Å². The van der Waals surface area contributed by atoms with Gasteiger partial charge in [-0.05, 0) is 61.2 Å². The molecule has 160 valence electrons. The minimum absolute atomic E-state index is 0.0925. The smallest absolute Gasteiger partial charge is 0.265 e. The quantitative estimate of drug-likeness (QED) is 0.727. The van der Waals surface area contributed by atoms with Gasteiger partial charge in [0.15, 0.2) is 0 Å². The number of amides is 2. The van der Waals surface area contributed by atoms with Gasteiger partial charge in [0, 0.05) is 37.6 Å². The first-order valence-electron chi connectivity index (χ1n) is 10.7. The number of anilines is 2. The topological polar surface area (TPSA) is 70.7 Å². The number of nitrogens with zero attached hydrogens (tertiary/aromatic N) is 1. The van der Waals surface area contributed by atoms with Crippen molar-refractivity contribution in [2.45, 2.75) is 38.7 Å². The molecule has 4 rings (SSSR count). The second kappa shape index (κ2) is 9.62. The lowest BCUT2D eigenvalue weighted by atomic mass is 9.97. The molecule has 0 spiro atoms. The van der Waals surface area contributed by atoms with E-state index in [0.717, 1.165) is 51.1 Å². The van der Waals surface area contributed by atoms with Crippen molar-refractivity contribution < 1.29 is 14.3 Å². The molecule has 0 aliphatic carbocycles. The highest BCUT2D eigenvalue weighted by Gasteiger charge is 2.23. The van der Waals surface area contributed by atoms with E-state index in [0.29, 0.717) is 28.6 Å². The Kier molecular flexibility index (Phi) is 6.69. The van der Waals surface area contributed by atoms with Crippen molar-refractivity contribution in [3.05, 3.63) is 46.2 Å². The third-order valence-electron chi connectivity index (χ3n) is 5.88. The molecule has 2 N–H and O–H groups in total. The maximum Gasteiger partial charge on any atom is 0.265 e. The van der Waals surface area contributed by atoms with Gasteiger partial charge in [0.1, 0.15) is 0 Å². The van der Waals surface area contributed by atoms with Gasteiger partial charge < -0.3 is 20.3 Å². The molecule has 1 aromatic heterocycles. The zero-order chi connectivity index (χ0) is 20.9. The average molecular weight is 428 g/mol. The maximum atomic E-state index is 13.1. The van der Waals surface area contributed by atoms with Crippen molar-refractivity contribution in [2.24, 2.45) is 5.92 Å². The van der Waals surface area contributed by atoms with Crippen molar-refractivity contribution in [3.63, 3.8) is 0 Å². The highest BCUT2D eigenvalue weighted by Crippen LogP contribution is 2.29. The van der Waals surface area contributed by atoms with E-state index in [9.17, 15) is 9.59 Å². The number of carbonyl (C=O) groups is 2. The molecule has 3 heterocycles. The molecule has 2 aliphatic heterocycles. The lowest BCUT2D eigenvalue weighted by Crippen LogP contribution is -2.36. The van der Waals surface area contributed by atoms with Crippen LogP contribution in [-0.4, -0.2) is 44.2 Å². The van der Waals surface area contributed by atoms with Crippen LogP contribution in [0.25, 0.3) is 0 Å². The number of thiophene rings is 1. The lowest BCUT2D eigenvalue weighted by Gasteiger charge is -2.33. The van der Waals surface area contributed by atoms with E-state index >= 15 is 0 Å². The van der Waals surface area contributed by atoms with Crippen LogP contribution in [0.1, 0.15) is 52.6 Å². The lowest BCUT2D eigenvalue weighted by molar-refractivity contribution is 0.0858. The zero-order valence-corrected chi connectivity index (χ0v) is 18.2. The van der Waals surface area contributed by atoms with Gasteiger partial charge in [-0.15, -0.1) is 11.3 Å².